The first-order valence-electron chi connectivity index (χ1n) is 11.1. The van der Waals surface area contributed by atoms with Crippen molar-refractivity contribution in [2.45, 2.75) is 0 Å². The number of fused-ring (bicyclic) bond motifs is 1. The van der Waals surface area contributed by atoms with Gasteiger partial charge in [-0.05, 0) is 30.3 Å². The number of hydrogen-bond acceptors (Lipinski definition) is 8. The third-order valence-corrected chi connectivity index (χ3v) is 5.64. The van der Waals surface area contributed by atoms with Crippen molar-refractivity contribution < 1.29 is 19.3 Å². The molecule has 0 spiro atoms. The maximum atomic E-state index is 12.6. The van der Waals surface area contributed by atoms with E-state index < -0.39 is 29.2 Å². The van der Waals surface area contributed by atoms with Gasteiger partial charge in [0.25, 0.3) is 17.5 Å². The van der Waals surface area contributed by atoms with Crippen molar-refractivity contribution in [3.8, 4) is 11.3 Å². The predicted molar refractivity (Wildman–Crippen MR) is 134 cm³/mol. The molecule has 5 rings (SSSR count). The second-order valence-corrected chi connectivity index (χ2v) is 8.09. The Kier molecular flexibility index (Phi) is 6.08. The molecule has 4 aromatic rings. The van der Waals surface area contributed by atoms with Crippen LogP contribution < -0.4 is 10.6 Å². The van der Waals surface area contributed by atoms with Crippen LogP contribution in [0.15, 0.2) is 85.2 Å². The van der Waals surface area contributed by atoms with E-state index in [1.165, 1.54) is 12.4 Å². The van der Waals surface area contributed by atoms with Gasteiger partial charge in [-0.1, -0.05) is 30.3 Å². The van der Waals surface area contributed by atoms with Crippen LogP contribution in [0.5, 0.6) is 0 Å². The van der Waals surface area contributed by atoms with Crippen LogP contribution in [0.25, 0.3) is 11.3 Å². The number of anilines is 3. The quantitative estimate of drug-likeness (QED) is 0.222. The van der Waals surface area contributed by atoms with Crippen LogP contribution in [-0.4, -0.2) is 44.1 Å². The van der Waals surface area contributed by atoms with Gasteiger partial charge in [0.05, 0.1) is 21.7 Å². The van der Waals surface area contributed by atoms with E-state index in [0.29, 0.717) is 11.5 Å². The first-order chi connectivity index (χ1) is 17.9. The molecule has 37 heavy (non-hydrogen) atoms. The lowest BCUT2D eigenvalue weighted by Gasteiger charge is -2.14. The van der Waals surface area contributed by atoms with Crippen molar-refractivity contribution in [2.24, 2.45) is 0 Å². The average Bonchev–Trinajstić information content (AvgIpc) is 3.14. The lowest BCUT2D eigenvalue weighted by Crippen LogP contribution is -2.37. The van der Waals surface area contributed by atoms with Gasteiger partial charge < -0.3 is 10.6 Å². The van der Waals surface area contributed by atoms with E-state index in [-0.39, 0.29) is 16.8 Å². The Labute approximate surface area is 209 Å². The number of rotatable bonds is 7. The van der Waals surface area contributed by atoms with Crippen LogP contribution >= 0.6 is 0 Å². The summed E-state index contributed by atoms with van der Waals surface area (Å²) in [5.74, 6) is -1.42. The fraction of sp³-hybridized carbons (Fsp3) is 0.0385. The Balaban J connectivity index is 1.21. The maximum absolute atomic E-state index is 12.6. The molecule has 0 radical (unpaired) electrons. The molecule has 182 valence electrons. The minimum absolute atomic E-state index is 0.0268. The summed E-state index contributed by atoms with van der Waals surface area (Å²) < 4.78 is 0. The number of benzene rings is 3. The minimum atomic E-state index is -0.752. The number of carbonyl (C=O) groups is 3. The van der Waals surface area contributed by atoms with Gasteiger partial charge in [0.1, 0.15) is 18.7 Å². The van der Waals surface area contributed by atoms with E-state index in [9.17, 15) is 24.5 Å². The van der Waals surface area contributed by atoms with Gasteiger partial charge >= 0.3 is 0 Å². The third kappa shape index (κ3) is 4.86. The van der Waals surface area contributed by atoms with E-state index in [4.69, 9.17) is 0 Å². The van der Waals surface area contributed by atoms with E-state index in [0.717, 1.165) is 34.0 Å². The average molecular weight is 494 g/mol. The third-order valence-electron chi connectivity index (χ3n) is 5.64. The van der Waals surface area contributed by atoms with Gasteiger partial charge in [0.2, 0.25) is 5.91 Å². The zero-order valence-corrected chi connectivity index (χ0v) is 19.1. The monoisotopic (exact) mass is 494 g/mol. The largest absolute Gasteiger partial charge is 0.340 e. The number of nitrogens with zero attached hydrogens (tertiary/aromatic N) is 4. The van der Waals surface area contributed by atoms with E-state index >= 15 is 0 Å². The van der Waals surface area contributed by atoms with Gasteiger partial charge in [0, 0.05) is 35.1 Å². The molecule has 11 nitrogen and oxygen atoms in total. The Morgan fingerprint density at radius 2 is 1.57 bits per heavy atom. The Hall–Kier alpha value is -5.45. The molecule has 0 atom stereocenters. The van der Waals surface area contributed by atoms with E-state index in [1.54, 1.807) is 24.3 Å². The van der Waals surface area contributed by atoms with Crippen molar-refractivity contribution in [1.82, 2.24) is 14.9 Å². The minimum Gasteiger partial charge on any atom is -0.340 e. The van der Waals surface area contributed by atoms with Crippen LogP contribution in [0, 0.1) is 10.1 Å². The molecule has 2 heterocycles. The summed E-state index contributed by atoms with van der Waals surface area (Å²) >= 11 is 0. The number of amides is 3. The SMILES string of the molecule is O=C(CN1C(=O)c2ccc([N+](=O)[O-])cc2C1=O)Nc1ccc(Nc2cc(-c3ccccc3)ncn2)cc1. The molecule has 0 aliphatic carbocycles. The summed E-state index contributed by atoms with van der Waals surface area (Å²) in [6.45, 7) is -0.524. The van der Waals surface area contributed by atoms with Crippen molar-refractivity contribution >= 4 is 40.6 Å². The zero-order chi connectivity index (χ0) is 25.9. The van der Waals surface area contributed by atoms with Gasteiger partial charge in [-0.25, -0.2) is 9.97 Å². The highest BCUT2D eigenvalue weighted by Gasteiger charge is 2.37. The number of nitro groups is 1. The first-order valence-corrected chi connectivity index (χ1v) is 11.1. The molecule has 11 heteroatoms. The normalized spacial score (nSPS) is 12.3. The predicted octanol–water partition coefficient (Wildman–Crippen LogP) is 4.03. The molecule has 0 saturated carbocycles. The van der Waals surface area contributed by atoms with Crippen LogP contribution in [0.2, 0.25) is 0 Å². The summed E-state index contributed by atoms with van der Waals surface area (Å²) in [7, 11) is 0. The summed E-state index contributed by atoms with van der Waals surface area (Å²) in [5, 5.41) is 16.8. The molecule has 2 N–H and O–H groups in total. The smallest absolute Gasteiger partial charge is 0.270 e. The fourth-order valence-electron chi connectivity index (χ4n) is 3.86. The second kappa shape index (κ2) is 9.66. The highest BCUT2D eigenvalue weighted by Crippen LogP contribution is 2.27. The van der Waals surface area contributed by atoms with Crippen molar-refractivity contribution in [3.05, 3.63) is 106 Å². The van der Waals surface area contributed by atoms with Crippen molar-refractivity contribution in [3.63, 3.8) is 0 Å². The maximum Gasteiger partial charge on any atom is 0.270 e. The second-order valence-electron chi connectivity index (χ2n) is 8.09. The first kappa shape index (κ1) is 23.3. The lowest BCUT2D eigenvalue weighted by molar-refractivity contribution is -0.384. The molecule has 0 bridgehead atoms. The number of imide groups is 1. The van der Waals surface area contributed by atoms with Gasteiger partial charge in [-0.3, -0.25) is 29.4 Å². The number of nitrogens with one attached hydrogen (secondary N) is 2. The summed E-state index contributed by atoms with van der Waals surface area (Å²) in [4.78, 5) is 57.3. The van der Waals surface area contributed by atoms with E-state index in [1.807, 2.05) is 36.4 Å². The highest BCUT2D eigenvalue weighted by atomic mass is 16.6. The fourth-order valence-corrected chi connectivity index (χ4v) is 3.86. The number of hydrogen-bond donors (Lipinski definition) is 2. The molecular weight excluding hydrogens is 476 g/mol. The molecular formula is C26H18N6O5. The summed E-state index contributed by atoms with van der Waals surface area (Å²) in [5.41, 5.74) is 2.53. The molecule has 0 unspecified atom stereocenters. The van der Waals surface area contributed by atoms with E-state index in [2.05, 4.69) is 20.6 Å². The number of non-ortho nitro benzene ring substituents is 1. The van der Waals surface area contributed by atoms with Gasteiger partial charge in [-0.2, -0.15) is 0 Å². The molecule has 1 aliphatic rings. The Morgan fingerprint density at radius 3 is 2.30 bits per heavy atom. The number of nitro benzene ring substituents is 1. The lowest BCUT2D eigenvalue weighted by atomic mass is 10.1. The molecule has 1 aromatic heterocycles. The molecule has 3 aromatic carbocycles. The van der Waals surface area contributed by atoms with Crippen molar-refractivity contribution in [1.29, 1.82) is 0 Å². The van der Waals surface area contributed by atoms with Crippen LogP contribution in [0.3, 0.4) is 0 Å². The standard InChI is InChI=1S/C26H18N6O5/c33-24(14-31-25(34)20-11-10-19(32(36)37)12-21(20)26(31)35)30-18-8-6-17(7-9-18)29-23-13-22(27-15-28-23)16-4-2-1-3-5-16/h1-13,15H,14H2,(H,30,33)(H,27,28,29). The van der Waals surface area contributed by atoms with Gasteiger partial charge in [-0.15, -0.1) is 0 Å². The Bertz CT molecular complexity index is 1540. The van der Waals surface area contributed by atoms with Gasteiger partial charge in [0.15, 0.2) is 0 Å². The zero-order valence-electron chi connectivity index (χ0n) is 19.1. The molecule has 0 saturated heterocycles. The summed E-state index contributed by atoms with van der Waals surface area (Å²) in [6, 6.07) is 21.7. The van der Waals surface area contributed by atoms with Crippen LogP contribution in [-0.2, 0) is 4.79 Å². The number of aromatic nitrogens is 2. The van der Waals surface area contributed by atoms with Crippen molar-refractivity contribution in [2.75, 3.05) is 17.2 Å². The molecule has 1 aliphatic heterocycles. The van der Waals surface area contributed by atoms with Crippen LogP contribution in [0.4, 0.5) is 22.9 Å². The topological polar surface area (TPSA) is 147 Å². The number of carbonyl (C=O) groups excluding carboxylic acids is 3. The van der Waals surface area contributed by atoms with Crippen LogP contribution in [0.1, 0.15) is 20.7 Å². The Morgan fingerprint density at radius 1 is 0.865 bits per heavy atom. The highest BCUT2D eigenvalue weighted by molar-refractivity contribution is 6.23. The summed E-state index contributed by atoms with van der Waals surface area (Å²) in [6.07, 6.45) is 1.47. The molecule has 3 amide bonds. The molecule has 0 fully saturated rings.